The van der Waals surface area contributed by atoms with Crippen LogP contribution in [0, 0.1) is 5.41 Å². The number of aliphatic carboxylic acids is 1. The molecule has 0 spiro atoms. The van der Waals surface area contributed by atoms with Gasteiger partial charge in [-0.05, 0) is 12.8 Å². The first-order valence-electron chi connectivity index (χ1n) is 7.56. The Morgan fingerprint density at radius 3 is 2.62 bits per heavy atom. The third-order valence-corrected chi connectivity index (χ3v) is 4.47. The number of ether oxygens (including phenoxy) is 1. The Morgan fingerprint density at radius 2 is 2.00 bits per heavy atom. The van der Waals surface area contributed by atoms with Crippen molar-refractivity contribution in [3.8, 4) is 0 Å². The van der Waals surface area contributed by atoms with E-state index in [2.05, 4.69) is 5.32 Å². The fourth-order valence-corrected chi connectivity index (χ4v) is 3.07. The van der Waals surface area contributed by atoms with Crippen LogP contribution in [-0.4, -0.2) is 66.1 Å². The van der Waals surface area contributed by atoms with Gasteiger partial charge < -0.3 is 25.2 Å². The van der Waals surface area contributed by atoms with Crippen LogP contribution in [0.15, 0.2) is 0 Å². The van der Waals surface area contributed by atoms with Crippen LogP contribution in [-0.2, 0) is 9.53 Å². The first-order chi connectivity index (χ1) is 10.1. The van der Waals surface area contributed by atoms with Crippen molar-refractivity contribution >= 4 is 12.0 Å². The molecule has 1 saturated heterocycles. The molecule has 0 aromatic carbocycles. The van der Waals surface area contributed by atoms with Crippen molar-refractivity contribution in [2.75, 3.05) is 32.8 Å². The Morgan fingerprint density at radius 1 is 1.29 bits per heavy atom. The molecule has 0 aromatic heterocycles. The molecule has 1 unspecified atom stereocenters. The van der Waals surface area contributed by atoms with Crippen LogP contribution in [0.5, 0.6) is 0 Å². The number of aliphatic hydroxyl groups excluding tert-OH is 1. The van der Waals surface area contributed by atoms with Crippen molar-refractivity contribution < 1.29 is 24.5 Å². The number of hydrogen-bond donors (Lipinski definition) is 3. The van der Waals surface area contributed by atoms with E-state index in [-0.39, 0.29) is 25.3 Å². The molecule has 1 heterocycles. The highest BCUT2D eigenvalue weighted by atomic mass is 16.5. The second kappa shape index (κ2) is 7.09. The zero-order chi connectivity index (χ0) is 15.3. The molecule has 7 nitrogen and oxygen atoms in total. The van der Waals surface area contributed by atoms with Gasteiger partial charge in [0.1, 0.15) is 0 Å². The first kappa shape index (κ1) is 16.0. The summed E-state index contributed by atoms with van der Waals surface area (Å²) in [5, 5.41) is 21.3. The molecular formula is C14H24N2O5. The van der Waals surface area contributed by atoms with Crippen LogP contribution < -0.4 is 5.32 Å². The molecule has 0 aromatic rings. The van der Waals surface area contributed by atoms with E-state index in [1.54, 1.807) is 4.90 Å². The molecule has 3 N–H and O–H groups in total. The normalized spacial score (nSPS) is 25.4. The van der Waals surface area contributed by atoms with Crippen LogP contribution in [0.25, 0.3) is 0 Å². The minimum absolute atomic E-state index is 0.122. The number of nitrogens with zero attached hydrogens (tertiary/aromatic N) is 1. The molecule has 0 radical (unpaired) electrons. The lowest BCUT2D eigenvalue weighted by Crippen LogP contribution is -2.53. The molecule has 1 saturated carbocycles. The lowest BCUT2D eigenvalue weighted by Gasteiger charge is -2.36. The number of carboxylic acid groups (broad SMARTS) is 1. The summed E-state index contributed by atoms with van der Waals surface area (Å²) in [5.74, 6) is -0.822. The van der Waals surface area contributed by atoms with E-state index in [1.807, 2.05) is 0 Å². The van der Waals surface area contributed by atoms with Gasteiger partial charge in [-0.25, -0.2) is 4.79 Å². The lowest BCUT2D eigenvalue weighted by molar-refractivity contribution is -0.150. The Hall–Kier alpha value is -1.34. The average molecular weight is 300 g/mol. The van der Waals surface area contributed by atoms with Crippen LogP contribution in [0.3, 0.4) is 0 Å². The van der Waals surface area contributed by atoms with Gasteiger partial charge in [0, 0.05) is 13.1 Å². The molecule has 120 valence electrons. The predicted molar refractivity (Wildman–Crippen MR) is 75.0 cm³/mol. The Labute approximate surface area is 124 Å². The van der Waals surface area contributed by atoms with E-state index in [0.29, 0.717) is 32.5 Å². The van der Waals surface area contributed by atoms with Gasteiger partial charge >= 0.3 is 12.0 Å². The summed E-state index contributed by atoms with van der Waals surface area (Å²) >= 11 is 0. The first-order valence-corrected chi connectivity index (χ1v) is 7.56. The largest absolute Gasteiger partial charge is 0.481 e. The number of carbonyl (C=O) groups is 2. The average Bonchev–Trinajstić information content (AvgIpc) is 2.53. The zero-order valence-corrected chi connectivity index (χ0v) is 12.2. The third-order valence-electron chi connectivity index (χ3n) is 4.47. The van der Waals surface area contributed by atoms with Gasteiger partial charge in [-0.15, -0.1) is 0 Å². The molecule has 1 aliphatic carbocycles. The van der Waals surface area contributed by atoms with Crippen molar-refractivity contribution in [2.45, 2.75) is 38.2 Å². The van der Waals surface area contributed by atoms with Crippen LogP contribution in [0.4, 0.5) is 4.79 Å². The molecule has 7 heteroatoms. The highest BCUT2D eigenvalue weighted by Gasteiger charge is 2.40. The predicted octanol–water partition coefficient (Wildman–Crippen LogP) is 0.424. The van der Waals surface area contributed by atoms with E-state index in [4.69, 9.17) is 9.84 Å². The topological polar surface area (TPSA) is 99.1 Å². The highest BCUT2D eigenvalue weighted by molar-refractivity contribution is 5.78. The molecule has 2 fully saturated rings. The molecule has 2 amide bonds. The van der Waals surface area contributed by atoms with Crippen LogP contribution in [0.1, 0.15) is 32.1 Å². The van der Waals surface area contributed by atoms with Crippen LogP contribution in [0.2, 0.25) is 0 Å². The molecule has 1 atom stereocenters. The van der Waals surface area contributed by atoms with Crippen LogP contribution >= 0.6 is 0 Å². The number of rotatable bonds is 4. The monoisotopic (exact) mass is 300 g/mol. The maximum atomic E-state index is 12.2. The maximum Gasteiger partial charge on any atom is 0.317 e. The quantitative estimate of drug-likeness (QED) is 0.699. The maximum absolute atomic E-state index is 12.2. The molecule has 0 bridgehead atoms. The lowest BCUT2D eigenvalue weighted by atomic mass is 9.74. The zero-order valence-electron chi connectivity index (χ0n) is 12.2. The van der Waals surface area contributed by atoms with E-state index in [0.717, 1.165) is 19.3 Å². The highest BCUT2D eigenvalue weighted by Crippen LogP contribution is 2.36. The fourth-order valence-electron chi connectivity index (χ4n) is 3.07. The van der Waals surface area contributed by atoms with Crippen molar-refractivity contribution in [1.29, 1.82) is 0 Å². The van der Waals surface area contributed by atoms with Gasteiger partial charge in [0.25, 0.3) is 0 Å². The van der Waals surface area contributed by atoms with Gasteiger partial charge in [0.15, 0.2) is 0 Å². The summed E-state index contributed by atoms with van der Waals surface area (Å²) in [6.07, 6.45) is 3.73. The molecular weight excluding hydrogens is 276 g/mol. The number of hydrogen-bond acceptors (Lipinski definition) is 4. The van der Waals surface area contributed by atoms with Gasteiger partial charge in [0.2, 0.25) is 0 Å². The van der Waals surface area contributed by atoms with Crippen molar-refractivity contribution in [3.63, 3.8) is 0 Å². The van der Waals surface area contributed by atoms with E-state index < -0.39 is 11.4 Å². The van der Waals surface area contributed by atoms with Gasteiger partial charge in [0.05, 0.1) is 31.3 Å². The summed E-state index contributed by atoms with van der Waals surface area (Å²) in [6.45, 7) is 1.23. The van der Waals surface area contributed by atoms with E-state index in [9.17, 15) is 14.7 Å². The Balaban J connectivity index is 1.88. The Kier molecular flexibility index (Phi) is 5.41. The van der Waals surface area contributed by atoms with E-state index >= 15 is 0 Å². The summed E-state index contributed by atoms with van der Waals surface area (Å²) in [5.41, 5.74) is -0.823. The molecule has 1 aliphatic heterocycles. The summed E-state index contributed by atoms with van der Waals surface area (Å²) in [6, 6.07) is -0.275. The minimum Gasteiger partial charge on any atom is -0.481 e. The summed E-state index contributed by atoms with van der Waals surface area (Å²) in [7, 11) is 0. The number of nitrogens with one attached hydrogen (secondary N) is 1. The van der Waals surface area contributed by atoms with E-state index in [1.165, 1.54) is 0 Å². The smallest absolute Gasteiger partial charge is 0.317 e. The third kappa shape index (κ3) is 3.85. The Bertz CT molecular complexity index is 382. The number of carboxylic acids is 1. The van der Waals surface area contributed by atoms with Gasteiger partial charge in [-0.2, -0.15) is 0 Å². The van der Waals surface area contributed by atoms with Crippen molar-refractivity contribution in [1.82, 2.24) is 10.2 Å². The SMILES string of the molecule is O=C(NCC1(C(=O)O)CCCCC1)N1CCOC(CO)C1. The number of carbonyl (C=O) groups excluding carboxylic acids is 1. The van der Waals surface area contributed by atoms with Gasteiger partial charge in [-0.1, -0.05) is 19.3 Å². The second-order valence-electron chi connectivity index (χ2n) is 5.93. The number of amides is 2. The summed E-state index contributed by atoms with van der Waals surface area (Å²) in [4.78, 5) is 25.3. The minimum atomic E-state index is -0.823. The number of morpholine rings is 1. The van der Waals surface area contributed by atoms with Gasteiger partial charge in [-0.3, -0.25) is 4.79 Å². The molecule has 21 heavy (non-hydrogen) atoms. The summed E-state index contributed by atoms with van der Waals surface area (Å²) < 4.78 is 5.29. The number of urea groups is 1. The second-order valence-corrected chi connectivity index (χ2v) is 5.93. The standard InChI is InChI=1S/C14H24N2O5/c17-9-11-8-16(6-7-21-11)13(20)15-10-14(12(18)19)4-2-1-3-5-14/h11,17H,1-10H2,(H,15,20)(H,18,19). The molecule has 2 aliphatic rings. The fraction of sp³-hybridized carbons (Fsp3) is 0.857. The molecule has 2 rings (SSSR count). The number of aliphatic hydroxyl groups is 1. The van der Waals surface area contributed by atoms with Crippen molar-refractivity contribution in [3.05, 3.63) is 0 Å². The van der Waals surface area contributed by atoms with Crippen molar-refractivity contribution in [2.24, 2.45) is 5.41 Å².